The monoisotopic (exact) mass is 465 g/mol. The van der Waals surface area contributed by atoms with Crippen LogP contribution in [0, 0.1) is 0 Å². The van der Waals surface area contributed by atoms with Crippen molar-refractivity contribution in [1.29, 1.82) is 0 Å². The summed E-state index contributed by atoms with van der Waals surface area (Å²) < 4.78 is 3.96. The number of phenolic OH excluding ortho intramolecular Hbond substituents is 2. The Kier molecular flexibility index (Phi) is 6.33. The molecule has 0 bridgehead atoms. The van der Waals surface area contributed by atoms with Gasteiger partial charge in [0.05, 0.1) is 11.3 Å². The van der Waals surface area contributed by atoms with Crippen LogP contribution in [-0.2, 0) is 11.8 Å². The zero-order valence-corrected chi connectivity index (χ0v) is 19.8. The lowest BCUT2D eigenvalue weighted by molar-refractivity contribution is -0.118. The van der Waals surface area contributed by atoms with Gasteiger partial charge in [0.15, 0.2) is 11.0 Å². The van der Waals surface area contributed by atoms with E-state index in [-0.39, 0.29) is 23.3 Å². The Hall–Kier alpha value is -3.46. The van der Waals surface area contributed by atoms with Crippen LogP contribution in [0.1, 0.15) is 32.3 Å². The summed E-state index contributed by atoms with van der Waals surface area (Å²) in [6.07, 6.45) is 2.01. The Bertz CT molecular complexity index is 1330. The van der Waals surface area contributed by atoms with E-state index in [9.17, 15) is 15.0 Å². The van der Waals surface area contributed by atoms with E-state index in [0.717, 1.165) is 22.2 Å². The topological polar surface area (TPSA) is 105 Å². The van der Waals surface area contributed by atoms with Crippen LogP contribution in [0.25, 0.3) is 28.0 Å². The number of fused-ring (bicyclic) bond motifs is 1. The van der Waals surface area contributed by atoms with Crippen molar-refractivity contribution >= 4 is 28.6 Å². The number of carbonyl (C=O) groups is 1. The van der Waals surface area contributed by atoms with E-state index in [2.05, 4.69) is 26.1 Å². The Morgan fingerprint density at radius 3 is 2.64 bits per heavy atom. The molecular weight excluding hydrogens is 438 g/mol. The number of aryl methyl sites for hydroxylation is 1. The van der Waals surface area contributed by atoms with Crippen LogP contribution >= 0.6 is 11.8 Å². The molecule has 2 heterocycles. The second kappa shape index (κ2) is 9.19. The number of rotatable bonds is 7. The Morgan fingerprint density at radius 2 is 1.91 bits per heavy atom. The summed E-state index contributed by atoms with van der Waals surface area (Å²) in [5.41, 5.74) is 3.17. The van der Waals surface area contributed by atoms with E-state index >= 15 is 0 Å². The second-order valence-electron chi connectivity index (χ2n) is 8.23. The summed E-state index contributed by atoms with van der Waals surface area (Å²) >= 11 is 1.47. The molecule has 0 aliphatic carbocycles. The lowest BCUT2D eigenvalue weighted by Gasteiger charge is -2.15. The summed E-state index contributed by atoms with van der Waals surface area (Å²) in [6, 6.07) is 11.3. The van der Waals surface area contributed by atoms with Crippen LogP contribution in [0.15, 0.2) is 47.8 Å². The maximum absolute atomic E-state index is 11.2. The minimum atomic E-state index is -0.0810. The van der Waals surface area contributed by atoms with Crippen LogP contribution in [0.3, 0.4) is 0 Å². The first-order chi connectivity index (χ1) is 15.8. The normalized spacial score (nSPS) is 11.4. The molecule has 0 spiro atoms. The molecule has 0 aliphatic heterocycles. The fourth-order valence-electron chi connectivity index (χ4n) is 3.78. The van der Waals surface area contributed by atoms with E-state index in [1.165, 1.54) is 24.8 Å². The highest BCUT2D eigenvalue weighted by Crippen LogP contribution is 2.39. The van der Waals surface area contributed by atoms with E-state index in [1.54, 1.807) is 6.07 Å². The second-order valence-corrected chi connectivity index (χ2v) is 9.29. The molecule has 172 valence electrons. The lowest BCUT2D eigenvalue weighted by Crippen LogP contribution is -2.22. The van der Waals surface area contributed by atoms with E-state index in [4.69, 9.17) is 0 Å². The minimum absolute atomic E-state index is 0.0490. The molecule has 33 heavy (non-hydrogen) atoms. The molecule has 4 aromatic rings. The standard InChI is InChI=1S/C24H27N5O3S/c1-14(2)18-12-19(22(32)13-21(18)31)23-26-27-24(33-10-8-25-15(3)30)29(23)17-5-6-20-16(11-17)7-9-28(20)4/h5-7,9,11-14,31-32H,8,10H2,1-4H3,(H,25,30). The molecule has 0 fully saturated rings. The lowest BCUT2D eigenvalue weighted by atomic mass is 9.98. The number of aromatic nitrogens is 4. The number of nitrogens with one attached hydrogen (secondary N) is 1. The average Bonchev–Trinajstić information content (AvgIpc) is 3.34. The largest absolute Gasteiger partial charge is 0.508 e. The Labute approximate surface area is 196 Å². The maximum Gasteiger partial charge on any atom is 0.216 e. The number of thioether (sulfide) groups is 1. The minimum Gasteiger partial charge on any atom is -0.508 e. The Balaban J connectivity index is 1.84. The Morgan fingerprint density at radius 1 is 1.12 bits per heavy atom. The third-order valence-corrected chi connectivity index (χ3v) is 6.41. The van der Waals surface area contributed by atoms with E-state index in [0.29, 0.717) is 28.8 Å². The number of aromatic hydroxyl groups is 2. The van der Waals surface area contributed by atoms with Crippen LogP contribution in [0.2, 0.25) is 0 Å². The van der Waals surface area contributed by atoms with Crippen molar-refractivity contribution in [3.8, 4) is 28.6 Å². The summed E-state index contributed by atoms with van der Waals surface area (Å²) in [7, 11) is 2.00. The van der Waals surface area contributed by atoms with Crippen LogP contribution < -0.4 is 5.32 Å². The van der Waals surface area contributed by atoms with Gasteiger partial charge in [-0.3, -0.25) is 9.36 Å². The van der Waals surface area contributed by atoms with Gasteiger partial charge in [0.25, 0.3) is 0 Å². The third-order valence-electron chi connectivity index (χ3n) is 5.48. The maximum atomic E-state index is 11.2. The smallest absolute Gasteiger partial charge is 0.216 e. The van der Waals surface area contributed by atoms with Gasteiger partial charge in [-0.2, -0.15) is 0 Å². The van der Waals surface area contributed by atoms with E-state index < -0.39 is 0 Å². The molecule has 2 aromatic heterocycles. The van der Waals surface area contributed by atoms with Crippen molar-refractivity contribution in [1.82, 2.24) is 24.6 Å². The molecule has 0 saturated carbocycles. The summed E-state index contributed by atoms with van der Waals surface area (Å²) in [5.74, 6) is 1.06. The highest BCUT2D eigenvalue weighted by atomic mass is 32.2. The molecular formula is C24H27N5O3S. The van der Waals surface area contributed by atoms with Gasteiger partial charge in [-0.1, -0.05) is 25.6 Å². The number of hydrogen-bond acceptors (Lipinski definition) is 6. The first-order valence-electron chi connectivity index (χ1n) is 10.7. The van der Waals surface area contributed by atoms with Gasteiger partial charge >= 0.3 is 0 Å². The van der Waals surface area contributed by atoms with Gasteiger partial charge in [0.2, 0.25) is 5.91 Å². The first kappa shape index (κ1) is 22.7. The molecule has 0 unspecified atom stereocenters. The van der Waals surface area contributed by atoms with Gasteiger partial charge in [0, 0.05) is 49.4 Å². The fourth-order valence-corrected chi connectivity index (χ4v) is 4.59. The van der Waals surface area contributed by atoms with Crippen molar-refractivity contribution in [3.63, 3.8) is 0 Å². The van der Waals surface area contributed by atoms with Gasteiger partial charge in [-0.25, -0.2) is 0 Å². The van der Waals surface area contributed by atoms with Crippen LogP contribution in [0.4, 0.5) is 0 Å². The van der Waals surface area contributed by atoms with Gasteiger partial charge in [-0.05, 0) is 41.8 Å². The zero-order chi connectivity index (χ0) is 23.7. The van der Waals surface area contributed by atoms with Gasteiger partial charge < -0.3 is 20.1 Å². The number of amides is 1. The van der Waals surface area contributed by atoms with Gasteiger partial charge in [0.1, 0.15) is 11.5 Å². The quantitative estimate of drug-likeness (QED) is 0.279. The predicted octanol–water partition coefficient (Wildman–Crippen LogP) is 4.19. The molecule has 2 aromatic carbocycles. The van der Waals surface area contributed by atoms with Gasteiger partial charge in [-0.15, -0.1) is 10.2 Å². The average molecular weight is 466 g/mol. The number of nitrogens with zero attached hydrogens (tertiary/aromatic N) is 4. The number of benzene rings is 2. The molecule has 1 amide bonds. The molecule has 8 nitrogen and oxygen atoms in total. The van der Waals surface area contributed by atoms with Crippen LogP contribution in [-0.4, -0.2) is 47.7 Å². The predicted molar refractivity (Wildman–Crippen MR) is 130 cm³/mol. The number of carbonyl (C=O) groups excluding carboxylic acids is 1. The highest BCUT2D eigenvalue weighted by molar-refractivity contribution is 7.99. The van der Waals surface area contributed by atoms with Crippen molar-refractivity contribution in [2.45, 2.75) is 31.8 Å². The number of hydrogen-bond donors (Lipinski definition) is 3. The third kappa shape index (κ3) is 4.54. The number of phenols is 2. The molecule has 0 aliphatic rings. The van der Waals surface area contributed by atoms with Crippen molar-refractivity contribution in [2.24, 2.45) is 7.05 Å². The molecule has 4 rings (SSSR count). The summed E-state index contributed by atoms with van der Waals surface area (Å²) in [6.45, 7) is 5.95. The molecule has 0 atom stereocenters. The van der Waals surface area contributed by atoms with Crippen LogP contribution in [0.5, 0.6) is 11.5 Å². The van der Waals surface area contributed by atoms with Crippen molar-refractivity contribution in [2.75, 3.05) is 12.3 Å². The first-order valence-corrected chi connectivity index (χ1v) is 11.7. The van der Waals surface area contributed by atoms with Crippen molar-refractivity contribution in [3.05, 3.63) is 48.2 Å². The summed E-state index contributed by atoms with van der Waals surface area (Å²) in [5, 5.41) is 34.3. The summed E-state index contributed by atoms with van der Waals surface area (Å²) in [4.78, 5) is 11.2. The SMILES string of the molecule is CC(=O)NCCSc1nnc(-c2cc(C(C)C)c(O)cc2O)n1-c1ccc2c(ccn2C)c1. The fraction of sp³-hybridized carbons (Fsp3) is 0.292. The van der Waals surface area contributed by atoms with Crippen molar-refractivity contribution < 1.29 is 15.0 Å². The molecule has 9 heteroatoms. The highest BCUT2D eigenvalue weighted by Gasteiger charge is 2.21. The molecule has 0 radical (unpaired) electrons. The molecule has 0 saturated heterocycles. The molecule has 3 N–H and O–H groups in total. The zero-order valence-electron chi connectivity index (χ0n) is 19.0. The van der Waals surface area contributed by atoms with E-state index in [1.807, 2.05) is 49.9 Å².